The van der Waals surface area contributed by atoms with Crippen molar-refractivity contribution in [1.82, 2.24) is 14.6 Å². The average Bonchev–Trinajstić information content (AvgIpc) is 3.06. The molecule has 0 atom stereocenters. The summed E-state index contributed by atoms with van der Waals surface area (Å²) in [6, 6.07) is 9.18. The predicted molar refractivity (Wildman–Crippen MR) is 98.7 cm³/mol. The quantitative estimate of drug-likeness (QED) is 0.493. The number of benzene rings is 1. The Labute approximate surface area is 157 Å². The van der Waals surface area contributed by atoms with E-state index in [-0.39, 0.29) is 12.4 Å². The zero-order valence-corrected chi connectivity index (χ0v) is 15.5. The summed E-state index contributed by atoms with van der Waals surface area (Å²) in [5.41, 5.74) is 3.52. The fourth-order valence-electron chi connectivity index (χ4n) is 2.96. The zero-order chi connectivity index (χ0) is 19.4. The van der Waals surface area contributed by atoms with Gasteiger partial charge >= 0.3 is 5.97 Å². The van der Waals surface area contributed by atoms with Gasteiger partial charge in [-0.15, -0.1) is 0 Å². The van der Waals surface area contributed by atoms with Crippen molar-refractivity contribution >= 4 is 11.6 Å². The molecule has 2 aromatic heterocycles. The molecule has 3 aromatic rings. The van der Waals surface area contributed by atoms with Gasteiger partial charge in [-0.25, -0.2) is 9.50 Å². The van der Waals surface area contributed by atoms with Crippen molar-refractivity contribution in [3.63, 3.8) is 0 Å². The fraction of sp³-hybridized carbons (Fsp3) is 0.300. The number of ether oxygens (including phenoxy) is 2. The van der Waals surface area contributed by atoms with Crippen molar-refractivity contribution in [3.05, 3.63) is 53.0 Å². The summed E-state index contributed by atoms with van der Waals surface area (Å²) >= 11 is 0. The van der Waals surface area contributed by atoms with Gasteiger partial charge < -0.3 is 9.47 Å². The maximum atomic E-state index is 12.3. The largest absolute Gasteiger partial charge is 0.490 e. The molecule has 0 radical (unpaired) electrons. The van der Waals surface area contributed by atoms with Crippen LogP contribution < -0.4 is 9.47 Å². The summed E-state index contributed by atoms with van der Waals surface area (Å²) < 4.78 is 12.6. The number of aryl methyl sites for hydroxylation is 2. The van der Waals surface area contributed by atoms with Gasteiger partial charge in [-0.1, -0.05) is 12.1 Å². The van der Waals surface area contributed by atoms with Gasteiger partial charge in [-0.05, 0) is 44.9 Å². The number of nitriles is 1. The van der Waals surface area contributed by atoms with Crippen LogP contribution >= 0.6 is 0 Å². The first-order valence-corrected chi connectivity index (χ1v) is 8.71. The van der Waals surface area contributed by atoms with Crippen LogP contribution in [0.4, 0.5) is 0 Å². The van der Waals surface area contributed by atoms with Gasteiger partial charge in [-0.2, -0.15) is 10.4 Å². The number of para-hydroxylation sites is 2. The van der Waals surface area contributed by atoms with Crippen LogP contribution in [0.3, 0.4) is 0 Å². The minimum absolute atomic E-state index is 0.196. The van der Waals surface area contributed by atoms with E-state index in [4.69, 9.17) is 14.7 Å². The Hall–Kier alpha value is -3.40. The number of fused-ring (bicyclic) bond motifs is 1. The van der Waals surface area contributed by atoms with Crippen LogP contribution in [0.2, 0.25) is 0 Å². The number of carbonyl (C=O) groups excluding carboxylic acids is 1. The first-order valence-electron chi connectivity index (χ1n) is 8.71. The molecule has 0 saturated heterocycles. The highest BCUT2D eigenvalue weighted by atomic mass is 16.6. The van der Waals surface area contributed by atoms with Gasteiger partial charge in [0.15, 0.2) is 17.1 Å². The highest BCUT2D eigenvalue weighted by Gasteiger charge is 2.16. The predicted octanol–water partition coefficient (Wildman–Crippen LogP) is 3.15. The summed E-state index contributed by atoms with van der Waals surface area (Å²) in [5.74, 6) is 0.612. The molecule has 138 valence electrons. The van der Waals surface area contributed by atoms with E-state index in [2.05, 4.69) is 16.2 Å². The number of rotatable bonds is 6. The Morgan fingerprint density at radius 1 is 1.26 bits per heavy atom. The molecule has 1 aromatic carbocycles. The molecule has 0 unspecified atom stereocenters. The highest BCUT2D eigenvalue weighted by molar-refractivity contribution is 5.73. The Balaban J connectivity index is 1.75. The standard InChI is InChI=1S/C20H20N4O3/c1-4-26-17-7-5-6-8-18(17)27-19(25)10-9-16-13(2)23-20-15(11-21)12-22-24(20)14(16)3/h5-8,12H,4,9-10H2,1-3H3. The van der Waals surface area contributed by atoms with Crippen molar-refractivity contribution < 1.29 is 14.3 Å². The van der Waals surface area contributed by atoms with Crippen molar-refractivity contribution in [2.24, 2.45) is 0 Å². The number of aromatic nitrogens is 3. The van der Waals surface area contributed by atoms with Gasteiger partial charge in [0.2, 0.25) is 0 Å². The third-order valence-electron chi connectivity index (χ3n) is 4.28. The molecule has 0 spiro atoms. The van der Waals surface area contributed by atoms with Crippen LogP contribution in [0.1, 0.15) is 35.9 Å². The number of hydrogen-bond donors (Lipinski definition) is 0. The maximum Gasteiger partial charge on any atom is 0.311 e. The van der Waals surface area contributed by atoms with Crippen LogP contribution in [0.15, 0.2) is 30.5 Å². The number of carbonyl (C=O) groups is 1. The van der Waals surface area contributed by atoms with E-state index < -0.39 is 0 Å². The van der Waals surface area contributed by atoms with Crippen LogP contribution in [0, 0.1) is 25.2 Å². The topological polar surface area (TPSA) is 89.5 Å². The first-order chi connectivity index (χ1) is 13.0. The molecule has 3 rings (SSSR count). The SMILES string of the molecule is CCOc1ccccc1OC(=O)CCc1c(C)nc2c(C#N)cnn2c1C. The Morgan fingerprint density at radius 3 is 2.70 bits per heavy atom. The highest BCUT2D eigenvalue weighted by Crippen LogP contribution is 2.27. The molecule has 27 heavy (non-hydrogen) atoms. The zero-order valence-electron chi connectivity index (χ0n) is 15.5. The monoisotopic (exact) mass is 364 g/mol. The molecule has 7 heteroatoms. The van der Waals surface area contributed by atoms with E-state index in [9.17, 15) is 4.79 Å². The van der Waals surface area contributed by atoms with Crippen molar-refractivity contribution in [2.45, 2.75) is 33.6 Å². The Bertz CT molecular complexity index is 1030. The molecule has 0 saturated carbocycles. The van der Waals surface area contributed by atoms with E-state index in [1.54, 1.807) is 22.7 Å². The lowest BCUT2D eigenvalue weighted by atomic mass is 10.1. The fourth-order valence-corrected chi connectivity index (χ4v) is 2.96. The number of esters is 1. The average molecular weight is 364 g/mol. The van der Waals surface area contributed by atoms with E-state index in [1.807, 2.05) is 26.8 Å². The van der Waals surface area contributed by atoms with Gasteiger partial charge in [0.1, 0.15) is 11.6 Å². The maximum absolute atomic E-state index is 12.3. The van der Waals surface area contributed by atoms with Crippen LogP contribution in [0.5, 0.6) is 11.5 Å². The van der Waals surface area contributed by atoms with E-state index in [0.717, 1.165) is 17.0 Å². The molecule has 0 aliphatic rings. The molecule has 0 bridgehead atoms. The van der Waals surface area contributed by atoms with E-state index in [1.165, 1.54) is 6.20 Å². The first kappa shape index (κ1) is 18.4. The third kappa shape index (κ3) is 3.75. The second-order valence-electron chi connectivity index (χ2n) is 6.02. The van der Waals surface area contributed by atoms with Crippen molar-refractivity contribution in [3.8, 4) is 17.6 Å². The molecule has 0 aliphatic heterocycles. The smallest absolute Gasteiger partial charge is 0.311 e. The lowest BCUT2D eigenvalue weighted by molar-refractivity contribution is -0.134. The van der Waals surface area contributed by atoms with E-state index in [0.29, 0.717) is 35.7 Å². The van der Waals surface area contributed by atoms with Crippen molar-refractivity contribution in [2.75, 3.05) is 6.61 Å². The molecule has 0 amide bonds. The van der Waals surface area contributed by atoms with Gasteiger partial charge in [0, 0.05) is 11.4 Å². The molecule has 0 N–H and O–H groups in total. The minimum atomic E-state index is -0.348. The number of nitrogens with zero attached hydrogens (tertiary/aromatic N) is 4. The summed E-state index contributed by atoms with van der Waals surface area (Å²) in [6.45, 7) is 6.14. The Morgan fingerprint density at radius 2 is 2.00 bits per heavy atom. The van der Waals surface area contributed by atoms with Crippen LogP contribution in [-0.4, -0.2) is 27.2 Å². The molecule has 2 heterocycles. The van der Waals surface area contributed by atoms with Gasteiger partial charge in [-0.3, -0.25) is 4.79 Å². The number of hydrogen-bond acceptors (Lipinski definition) is 6. The molecule has 0 fully saturated rings. The van der Waals surface area contributed by atoms with Crippen LogP contribution in [0.25, 0.3) is 5.65 Å². The summed E-state index contributed by atoms with van der Waals surface area (Å²) in [5, 5.41) is 13.4. The van der Waals surface area contributed by atoms with E-state index >= 15 is 0 Å². The normalized spacial score (nSPS) is 10.6. The molecule has 0 aliphatic carbocycles. The van der Waals surface area contributed by atoms with Crippen LogP contribution in [-0.2, 0) is 11.2 Å². The second kappa shape index (κ2) is 7.87. The lowest BCUT2D eigenvalue weighted by Gasteiger charge is -2.12. The summed E-state index contributed by atoms with van der Waals surface area (Å²) in [4.78, 5) is 16.8. The summed E-state index contributed by atoms with van der Waals surface area (Å²) in [7, 11) is 0. The minimum Gasteiger partial charge on any atom is -0.490 e. The van der Waals surface area contributed by atoms with Crippen molar-refractivity contribution in [1.29, 1.82) is 5.26 Å². The molecular weight excluding hydrogens is 344 g/mol. The second-order valence-corrected chi connectivity index (χ2v) is 6.02. The third-order valence-corrected chi connectivity index (χ3v) is 4.28. The lowest BCUT2D eigenvalue weighted by Crippen LogP contribution is -2.12. The molecular formula is C20H20N4O3. The Kier molecular flexibility index (Phi) is 5.36. The van der Waals surface area contributed by atoms with Gasteiger partial charge in [0.05, 0.1) is 19.2 Å². The summed E-state index contributed by atoms with van der Waals surface area (Å²) in [6.07, 6.45) is 2.16. The van der Waals surface area contributed by atoms with Gasteiger partial charge in [0.25, 0.3) is 0 Å². The molecule has 7 nitrogen and oxygen atoms in total.